The van der Waals surface area contributed by atoms with Crippen LogP contribution in [0, 0.1) is 5.41 Å². The molecule has 2 aliphatic heterocycles. The largest absolute Gasteiger partial charge is 0.379 e. The molecule has 1 amide bonds. The molecule has 2 saturated heterocycles. The number of carbonyl (C=O) groups is 1. The molecular weight excluding hydrogens is 330 g/mol. The summed E-state index contributed by atoms with van der Waals surface area (Å²) in [5.41, 5.74) is 0.661. The van der Waals surface area contributed by atoms with Gasteiger partial charge in [-0.25, -0.2) is 9.97 Å². The van der Waals surface area contributed by atoms with E-state index in [1.165, 1.54) is 0 Å². The molecule has 0 bridgehead atoms. The summed E-state index contributed by atoms with van der Waals surface area (Å²) in [6.07, 6.45) is 7.49. The standard InChI is InChI=1S/C19H25N5O2/c1-22-9-2-5-16(22)17(25)23-10-3-6-19(13-23)14-24(11-12-26-15-19)18-20-7-4-8-21-18/h2,4-5,7-9H,3,6,10-15H2,1H3/t19-/m1/s1. The second-order valence-corrected chi connectivity index (χ2v) is 7.36. The third-order valence-electron chi connectivity index (χ3n) is 5.39. The number of likely N-dealkylation sites (tertiary alicyclic amines) is 1. The summed E-state index contributed by atoms with van der Waals surface area (Å²) in [5.74, 6) is 0.839. The molecule has 0 aliphatic carbocycles. The minimum Gasteiger partial charge on any atom is -0.379 e. The average Bonchev–Trinajstić information content (AvgIpc) is 3.00. The zero-order valence-corrected chi connectivity index (χ0v) is 15.2. The Bertz CT molecular complexity index is 762. The maximum atomic E-state index is 13.0. The van der Waals surface area contributed by atoms with E-state index >= 15 is 0 Å². The lowest BCUT2D eigenvalue weighted by atomic mass is 9.80. The lowest BCUT2D eigenvalue weighted by Crippen LogP contribution is -2.52. The van der Waals surface area contributed by atoms with Crippen molar-refractivity contribution in [2.45, 2.75) is 12.8 Å². The molecule has 1 spiro atoms. The molecule has 4 heterocycles. The fraction of sp³-hybridized carbons (Fsp3) is 0.526. The first-order chi connectivity index (χ1) is 12.7. The van der Waals surface area contributed by atoms with Crippen LogP contribution in [-0.4, -0.2) is 64.7 Å². The first kappa shape index (κ1) is 17.0. The Hall–Kier alpha value is -2.41. The van der Waals surface area contributed by atoms with Gasteiger partial charge in [0.25, 0.3) is 5.91 Å². The fourth-order valence-corrected chi connectivity index (χ4v) is 4.09. The van der Waals surface area contributed by atoms with Gasteiger partial charge in [-0.2, -0.15) is 0 Å². The summed E-state index contributed by atoms with van der Waals surface area (Å²) < 4.78 is 7.83. The number of carbonyl (C=O) groups excluding carboxylic acids is 1. The third-order valence-corrected chi connectivity index (χ3v) is 5.39. The van der Waals surface area contributed by atoms with Crippen LogP contribution in [0.2, 0.25) is 0 Å². The molecule has 1 atom stereocenters. The quantitative estimate of drug-likeness (QED) is 0.818. The van der Waals surface area contributed by atoms with Gasteiger partial charge < -0.3 is 19.1 Å². The van der Waals surface area contributed by atoms with Gasteiger partial charge >= 0.3 is 0 Å². The van der Waals surface area contributed by atoms with E-state index in [4.69, 9.17) is 4.74 Å². The van der Waals surface area contributed by atoms with E-state index in [1.54, 1.807) is 12.4 Å². The lowest BCUT2D eigenvalue weighted by molar-refractivity contribution is 0.0131. The third kappa shape index (κ3) is 3.31. The summed E-state index contributed by atoms with van der Waals surface area (Å²) in [7, 11) is 1.91. The predicted molar refractivity (Wildman–Crippen MR) is 98.0 cm³/mol. The molecule has 2 aliphatic rings. The van der Waals surface area contributed by atoms with Gasteiger partial charge in [-0.3, -0.25) is 4.79 Å². The first-order valence-electron chi connectivity index (χ1n) is 9.17. The van der Waals surface area contributed by atoms with Crippen molar-refractivity contribution in [1.29, 1.82) is 0 Å². The van der Waals surface area contributed by atoms with Crippen LogP contribution >= 0.6 is 0 Å². The molecule has 7 heteroatoms. The van der Waals surface area contributed by atoms with Crippen molar-refractivity contribution in [3.05, 3.63) is 42.5 Å². The zero-order chi connectivity index (χ0) is 18.0. The molecule has 0 N–H and O–H groups in total. The summed E-state index contributed by atoms with van der Waals surface area (Å²) in [6, 6.07) is 5.63. The molecule has 26 heavy (non-hydrogen) atoms. The van der Waals surface area contributed by atoms with Crippen molar-refractivity contribution in [3.8, 4) is 0 Å². The number of ether oxygens (including phenoxy) is 1. The number of anilines is 1. The smallest absolute Gasteiger partial charge is 0.270 e. The topological polar surface area (TPSA) is 63.5 Å². The monoisotopic (exact) mass is 355 g/mol. The van der Waals surface area contributed by atoms with Gasteiger partial charge in [-0.05, 0) is 31.0 Å². The Morgan fingerprint density at radius 3 is 2.81 bits per heavy atom. The Balaban J connectivity index is 1.54. The molecule has 2 aromatic heterocycles. The summed E-state index contributed by atoms with van der Waals surface area (Å²) in [6.45, 7) is 4.43. The molecular formula is C19H25N5O2. The Morgan fingerprint density at radius 2 is 2.04 bits per heavy atom. The van der Waals surface area contributed by atoms with E-state index in [0.717, 1.165) is 44.1 Å². The first-order valence-corrected chi connectivity index (χ1v) is 9.17. The normalized spacial score (nSPS) is 23.9. The van der Waals surface area contributed by atoms with Gasteiger partial charge in [0.15, 0.2) is 0 Å². The van der Waals surface area contributed by atoms with Crippen molar-refractivity contribution in [2.24, 2.45) is 12.5 Å². The highest BCUT2D eigenvalue weighted by atomic mass is 16.5. The number of aromatic nitrogens is 3. The van der Waals surface area contributed by atoms with E-state index in [1.807, 2.05) is 40.9 Å². The Labute approximate surface area is 153 Å². The summed E-state index contributed by atoms with van der Waals surface area (Å²) >= 11 is 0. The fourth-order valence-electron chi connectivity index (χ4n) is 4.09. The van der Waals surface area contributed by atoms with Crippen LogP contribution in [0.15, 0.2) is 36.8 Å². The average molecular weight is 355 g/mol. The molecule has 2 aromatic rings. The highest BCUT2D eigenvalue weighted by Crippen LogP contribution is 2.34. The van der Waals surface area contributed by atoms with E-state index in [0.29, 0.717) is 19.8 Å². The molecule has 138 valence electrons. The van der Waals surface area contributed by atoms with Crippen LogP contribution in [0.1, 0.15) is 23.3 Å². The van der Waals surface area contributed by atoms with Crippen molar-refractivity contribution < 1.29 is 9.53 Å². The number of aryl methyl sites for hydroxylation is 1. The second kappa shape index (κ2) is 7.07. The number of rotatable bonds is 2. The van der Waals surface area contributed by atoms with E-state index < -0.39 is 0 Å². The Morgan fingerprint density at radius 1 is 1.19 bits per heavy atom. The van der Waals surface area contributed by atoms with Gasteiger partial charge in [0, 0.05) is 57.2 Å². The number of hydrogen-bond acceptors (Lipinski definition) is 5. The second-order valence-electron chi connectivity index (χ2n) is 7.36. The molecule has 0 aromatic carbocycles. The molecule has 4 rings (SSSR count). The maximum absolute atomic E-state index is 13.0. The van der Waals surface area contributed by atoms with Crippen LogP contribution in [0.4, 0.5) is 5.95 Å². The maximum Gasteiger partial charge on any atom is 0.270 e. The highest BCUT2D eigenvalue weighted by Gasteiger charge is 2.41. The summed E-state index contributed by atoms with van der Waals surface area (Å²) in [5, 5.41) is 0. The molecule has 7 nitrogen and oxygen atoms in total. The van der Waals surface area contributed by atoms with Crippen molar-refractivity contribution in [3.63, 3.8) is 0 Å². The number of hydrogen-bond donors (Lipinski definition) is 0. The van der Waals surface area contributed by atoms with Crippen molar-refractivity contribution in [1.82, 2.24) is 19.4 Å². The summed E-state index contributed by atoms with van der Waals surface area (Å²) in [4.78, 5) is 26.0. The number of nitrogens with zero attached hydrogens (tertiary/aromatic N) is 5. The van der Waals surface area contributed by atoms with Crippen LogP contribution in [-0.2, 0) is 11.8 Å². The number of amides is 1. The minimum atomic E-state index is -0.0746. The van der Waals surface area contributed by atoms with Crippen LogP contribution in [0.25, 0.3) is 0 Å². The van der Waals surface area contributed by atoms with Crippen molar-refractivity contribution in [2.75, 3.05) is 44.3 Å². The lowest BCUT2D eigenvalue weighted by Gasteiger charge is -2.43. The van der Waals surface area contributed by atoms with Gasteiger partial charge in [-0.1, -0.05) is 0 Å². The van der Waals surface area contributed by atoms with E-state index in [9.17, 15) is 4.79 Å². The minimum absolute atomic E-state index is 0.0746. The van der Waals surface area contributed by atoms with Crippen molar-refractivity contribution >= 4 is 11.9 Å². The van der Waals surface area contributed by atoms with Gasteiger partial charge in [0.05, 0.1) is 13.2 Å². The van der Waals surface area contributed by atoms with Crippen LogP contribution < -0.4 is 4.90 Å². The van der Waals surface area contributed by atoms with E-state index in [2.05, 4.69) is 14.9 Å². The van der Waals surface area contributed by atoms with Gasteiger partial charge in [-0.15, -0.1) is 0 Å². The van der Waals surface area contributed by atoms with Crippen LogP contribution in [0.5, 0.6) is 0 Å². The Kier molecular flexibility index (Phi) is 4.63. The zero-order valence-electron chi connectivity index (χ0n) is 15.2. The van der Waals surface area contributed by atoms with Crippen LogP contribution in [0.3, 0.4) is 0 Å². The molecule has 0 radical (unpaired) electrons. The van der Waals surface area contributed by atoms with E-state index in [-0.39, 0.29) is 11.3 Å². The molecule has 0 saturated carbocycles. The van der Waals surface area contributed by atoms with Gasteiger partial charge in [0.2, 0.25) is 5.95 Å². The highest BCUT2D eigenvalue weighted by molar-refractivity contribution is 5.92. The predicted octanol–water partition coefficient (Wildman–Crippen LogP) is 1.57. The SMILES string of the molecule is Cn1cccc1C(=O)N1CCC[C@@]2(COCCN(c3ncccn3)C2)C1. The van der Waals surface area contributed by atoms with Gasteiger partial charge in [0.1, 0.15) is 5.69 Å². The number of piperidine rings is 1. The molecule has 0 unspecified atom stereocenters. The molecule has 2 fully saturated rings.